The van der Waals surface area contributed by atoms with Gasteiger partial charge in [-0.15, -0.1) is 0 Å². The Bertz CT molecular complexity index is 686. The van der Waals surface area contributed by atoms with Gasteiger partial charge in [-0.1, -0.05) is 6.07 Å². The van der Waals surface area contributed by atoms with E-state index >= 15 is 0 Å². The van der Waals surface area contributed by atoms with Gasteiger partial charge in [0.1, 0.15) is 17.0 Å². The molecule has 8 nitrogen and oxygen atoms in total. The number of benzene rings is 1. The Morgan fingerprint density at radius 3 is 2.40 bits per heavy atom. The van der Waals surface area contributed by atoms with E-state index in [1.165, 1.54) is 0 Å². The van der Waals surface area contributed by atoms with Crippen LogP contribution in [0.5, 0.6) is 0 Å². The lowest BCUT2D eigenvalue weighted by Gasteiger charge is -2.42. The number of nitrogens with zero attached hydrogens (tertiary/aromatic N) is 3. The summed E-state index contributed by atoms with van der Waals surface area (Å²) in [6.45, 7) is 6.51. The van der Waals surface area contributed by atoms with Gasteiger partial charge in [0.15, 0.2) is 0 Å². The number of carbonyl (C=O) groups is 1. The third-order valence-corrected chi connectivity index (χ3v) is 4.64. The lowest BCUT2D eigenvalue weighted by molar-refractivity contribution is -0.383. The van der Waals surface area contributed by atoms with Gasteiger partial charge in [0, 0.05) is 25.2 Å². The average Bonchev–Trinajstić information content (AvgIpc) is 2.74. The maximum Gasteiger partial charge on any atom is 0.410 e. The molecule has 2 atom stereocenters. The molecule has 2 bridgehead atoms. The number of likely N-dealkylation sites (tertiary alicyclic amines) is 1. The second kappa shape index (κ2) is 6.09. The van der Waals surface area contributed by atoms with Gasteiger partial charge >= 0.3 is 11.8 Å². The summed E-state index contributed by atoms with van der Waals surface area (Å²) in [7, 11) is 0. The molecule has 0 aromatic heterocycles. The number of hydrogen-bond acceptors (Lipinski definition) is 6. The van der Waals surface area contributed by atoms with Crippen LogP contribution in [0.3, 0.4) is 0 Å². The molecule has 25 heavy (non-hydrogen) atoms. The minimum Gasteiger partial charge on any atom is -0.444 e. The highest BCUT2D eigenvalue weighted by atomic mass is 16.6. The van der Waals surface area contributed by atoms with Gasteiger partial charge in [0.25, 0.3) is 0 Å². The van der Waals surface area contributed by atoms with E-state index < -0.39 is 10.5 Å². The predicted octanol–water partition coefficient (Wildman–Crippen LogP) is 2.77. The molecule has 2 saturated heterocycles. The molecule has 1 amide bonds. The zero-order valence-corrected chi connectivity index (χ0v) is 14.8. The first kappa shape index (κ1) is 17.3. The number of fused-ring (bicyclic) bond motifs is 2. The molecular weight excluding hydrogens is 324 g/mol. The standard InChI is InChI=1S/C17H24N4O4/c1-17(2,3)25-16(22)19-9-11-7-8-12(10-19)20(11)14-6-4-5-13(18)15(14)21(23)24/h4-6,11-12H,7-10,18H2,1-3H3. The van der Waals surface area contributed by atoms with Crippen LogP contribution in [0.2, 0.25) is 0 Å². The van der Waals surface area contributed by atoms with Crippen molar-refractivity contribution in [2.75, 3.05) is 23.7 Å². The van der Waals surface area contributed by atoms with E-state index in [-0.39, 0.29) is 29.6 Å². The third-order valence-electron chi connectivity index (χ3n) is 4.64. The second-order valence-corrected chi connectivity index (χ2v) is 7.65. The molecule has 136 valence electrons. The Labute approximate surface area is 146 Å². The van der Waals surface area contributed by atoms with Crippen LogP contribution in [0.1, 0.15) is 33.6 Å². The molecule has 2 unspecified atom stereocenters. The van der Waals surface area contributed by atoms with Crippen LogP contribution >= 0.6 is 0 Å². The van der Waals surface area contributed by atoms with Crippen molar-refractivity contribution in [3.05, 3.63) is 28.3 Å². The molecule has 2 heterocycles. The zero-order valence-electron chi connectivity index (χ0n) is 14.8. The molecular formula is C17H24N4O4. The molecule has 2 fully saturated rings. The molecule has 2 aliphatic heterocycles. The molecule has 0 spiro atoms. The largest absolute Gasteiger partial charge is 0.444 e. The van der Waals surface area contributed by atoms with Gasteiger partial charge in [-0.3, -0.25) is 10.1 Å². The number of nitro benzene ring substituents is 1. The van der Waals surface area contributed by atoms with Crippen molar-refractivity contribution in [1.29, 1.82) is 0 Å². The lowest BCUT2D eigenvalue weighted by Crippen LogP contribution is -2.56. The smallest absolute Gasteiger partial charge is 0.410 e. The minimum absolute atomic E-state index is 0.0340. The highest BCUT2D eigenvalue weighted by Crippen LogP contribution is 2.42. The second-order valence-electron chi connectivity index (χ2n) is 7.65. The van der Waals surface area contributed by atoms with Crippen molar-refractivity contribution in [3.8, 4) is 0 Å². The van der Waals surface area contributed by atoms with Crippen LogP contribution in [0.15, 0.2) is 18.2 Å². The SMILES string of the molecule is CC(C)(C)OC(=O)N1CC2CCC(C1)N2c1cccc(N)c1[N+](=O)[O-]. The Morgan fingerprint density at radius 1 is 1.28 bits per heavy atom. The summed E-state index contributed by atoms with van der Waals surface area (Å²) in [6, 6.07) is 5.08. The molecule has 1 aromatic rings. The highest BCUT2D eigenvalue weighted by Gasteiger charge is 2.44. The summed E-state index contributed by atoms with van der Waals surface area (Å²) in [5.74, 6) is 0. The number of nitro groups is 1. The summed E-state index contributed by atoms with van der Waals surface area (Å²) in [4.78, 5) is 27.2. The first-order valence-electron chi connectivity index (χ1n) is 8.46. The van der Waals surface area contributed by atoms with Crippen LogP contribution in [0, 0.1) is 10.1 Å². The predicted molar refractivity (Wildman–Crippen MR) is 94.6 cm³/mol. The Balaban J connectivity index is 1.84. The van der Waals surface area contributed by atoms with Gasteiger partial charge in [-0.05, 0) is 45.7 Å². The average molecular weight is 348 g/mol. The number of anilines is 2. The van der Waals surface area contributed by atoms with Gasteiger partial charge in [0.05, 0.1) is 4.92 Å². The molecule has 1 aromatic carbocycles. The van der Waals surface area contributed by atoms with E-state index in [4.69, 9.17) is 10.5 Å². The van der Waals surface area contributed by atoms with Crippen molar-refractivity contribution in [3.63, 3.8) is 0 Å². The van der Waals surface area contributed by atoms with Gasteiger partial charge in [0.2, 0.25) is 0 Å². The molecule has 8 heteroatoms. The van der Waals surface area contributed by atoms with Gasteiger partial charge in [-0.2, -0.15) is 0 Å². The topological polar surface area (TPSA) is 102 Å². The minimum atomic E-state index is -0.542. The quantitative estimate of drug-likeness (QED) is 0.501. The number of amides is 1. The molecule has 0 aliphatic carbocycles. The van der Waals surface area contributed by atoms with Crippen LogP contribution < -0.4 is 10.6 Å². The number of rotatable bonds is 2. The Morgan fingerprint density at radius 2 is 1.88 bits per heavy atom. The first-order valence-corrected chi connectivity index (χ1v) is 8.46. The number of nitrogens with two attached hydrogens (primary N) is 1. The normalized spacial score (nSPS) is 22.8. The fourth-order valence-electron chi connectivity index (χ4n) is 3.73. The van der Waals surface area contributed by atoms with E-state index in [0.29, 0.717) is 18.8 Å². The van der Waals surface area contributed by atoms with Crippen molar-refractivity contribution >= 4 is 23.2 Å². The molecule has 3 rings (SSSR count). The Hall–Kier alpha value is -2.51. The van der Waals surface area contributed by atoms with Crippen LogP contribution in [0.4, 0.5) is 21.9 Å². The molecule has 0 saturated carbocycles. The van der Waals surface area contributed by atoms with E-state index in [9.17, 15) is 14.9 Å². The van der Waals surface area contributed by atoms with Gasteiger partial charge < -0.3 is 20.3 Å². The maximum atomic E-state index is 12.4. The summed E-state index contributed by atoms with van der Waals surface area (Å²) in [6.07, 6.45) is 1.44. The summed E-state index contributed by atoms with van der Waals surface area (Å²) >= 11 is 0. The first-order chi connectivity index (χ1) is 11.7. The molecule has 2 N–H and O–H groups in total. The lowest BCUT2D eigenvalue weighted by atomic mass is 10.1. The highest BCUT2D eigenvalue weighted by molar-refractivity contribution is 5.77. The van der Waals surface area contributed by atoms with Gasteiger partial charge in [-0.25, -0.2) is 4.79 Å². The Kier molecular flexibility index (Phi) is 4.22. The summed E-state index contributed by atoms with van der Waals surface area (Å²) < 4.78 is 5.46. The maximum absolute atomic E-state index is 12.4. The summed E-state index contributed by atoms with van der Waals surface area (Å²) in [5.41, 5.74) is 5.95. The number of ether oxygens (including phenoxy) is 1. The van der Waals surface area contributed by atoms with E-state index in [1.807, 2.05) is 20.8 Å². The van der Waals surface area contributed by atoms with Crippen LogP contribution in [0.25, 0.3) is 0 Å². The number of carbonyl (C=O) groups excluding carboxylic acids is 1. The number of hydrogen-bond donors (Lipinski definition) is 1. The zero-order chi connectivity index (χ0) is 18.4. The van der Waals surface area contributed by atoms with Crippen molar-refractivity contribution in [2.45, 2.75) is 51.3 Å². The molecule has 2 aliphatic rings. The number of para-hydroxylation sites is 1. The molecule has 0 radical (unpaired) electrons. The van der Waals surface area contributed by atoms with Crippen molar-refractivity contribution in [1.82, 2.24) is 4.90 Å². The fraction of sp³-hybridized carbons (Fsp3) is 0.588. The number of piperazine rings is 1. The van der Waals surface area contributed by atoms with Crippen molar-refractivity contribution in [2.24, 2.45) is 0 Å². The summed E-state index contributed by atoms with van der Waals surface area (Å²) in [5, 5.41) is 11.5. The number of nitrogen functional groups attached to an aromatic ring is 1. The van der Waals surface area contributed by atoms with Crippen molar-refractivity contribution < 1.29 is 14.5 Å². The fourth-order valence-corrected chi connectivity index (χ4v) is 3.73. The van der Waals surface area contributed by atoms with E-state index in [0.717, 1.165) is 12.8 Å². The van der Waals surface area contributed by atoms with Crippen LogP contribution in [-0.2, 0) is 4.74 Å². The third kappa shape index (κ3) is 3.33. The van der Waals surface area contributed by atoms with E-state index in [1.54, 1.807) is 23.1 Å². The monoisotopic (exact) mass is 348 g/mol. The van der Waals surface area contributed by atoms with E-state index in [2.05, 4.69) is 4.90 Å². The van der Waals surface area contributed by atoms with Crippen LogP contribution in [-0.4, -0.2) is 46.7 Å².